The molecule has 0 fully saturated rings. The summed E-state index contributed by atoms with van der Waals surface area (Å²) in [6.07, 6.45) is 0. The van der Waals surface area contributed by atoms with Gasteiger partial charge in [-0.1, -0.05) is 0 Å². The molecular formula is C7H18NO6+. The average Bonchev–Trinajstić information content (AvgIpc) is 2.21. The Hall–Kier alpha value is -0.280. The topological polar surface area (TPSA) is 88.4 Å². The maximum atomic E-state index is 8.54. The lowest BCUT2D eigenvalue weighted by Gasteiger charge is -2.24. The number of hydroxylamine groups is 3. The van der Waals surface area contributed by atoms with Crippen molar-refractivity contribution in [3.05, 3.63) is 0 Å². The van der Waals surface area contributed by atoms with Crippen molar-refractivity contribution >= 4 is 0 Å². The van der Waals surface area contributed by atoms with Crippen LogP contribution in [0, 0.1) is 0 Å². The molecule has 0 unspecified atom stereocenters. The quantitative estimate of drug-likeness (QED) is 0.309. The largest absolute Gasteiger partial charge is 0.394 e. The third-order valence-electron chi connectivity index (χ3n) is 1.25. The van der Waals surface area contributed by atoms with Gasteiger partial charge in [0.2, 0.25) is 0 Å². The normalized spacial score (nSPS) is 12.0. The van der Waals surface area contributed by atoms with Gasteiger partial charge >= 0.3 is 0 Å². The van der Waals surface area contributed by atoms with Gasteiger partial charge in [-0.2, -0.15) is 0 Å². The highest BCUT2D eigenvalue weighted by molar-refractivity contribution is 4.15. The molecular weight excluding hydrogens is 194 g/mol. The van der Waals surface area contributed by atoms with Crippen molar-refractivity contribution in [2.75, 3.05) is 46.7 Å². The second-order valence-corrected chi connectivity index (χ2v) is 2.44. The summed E-state index contributed by atoms with van der Waals surface area (Å²) in [7, 11) is 1.45. The summed E-state index contributed by atoms with van der Waals surface area (Å²) >= 11 is 0. The highest BCUT2D eigenvalue weighted by Crippen LogP contribution is 2.06. The van der Waals surface area contributed by atoms with Crippen molar-refractivity contribution < 1.29 is 34.8 Å². The van der Waals surface area contributed by atoms with E-state index in [1.165, 1.54) is 7.05 Å². The zero-order valence-electron chi connectivity index (χ0n) is 8.26. The van der Waals surface area contributed by atoms with Gasteiger partial charge in [0.05, 0.1) is 24.8 Å². The molecule has 0 aliphatic heterocycles. The van der Waals surface area contributed by atoms with Crippen LogP contribution in [-0.2, 0) is 14.5 Å². The van der Waals surface area contributed by atoms with E-state index in [4.69, 9.17) is 29.8 Å². The minimum absolute atomic E-state index is 0.0351. The Morgan fingerprint density at radius 1 is 0.786 bits per heavy atom. The smallest absolute Gasteiger partial charge is 0.168 e. The standard InChI is InChI=1S/C7H18NO6/c1-8(12-5-2-9,13-6-3-10)14-7-4-11/h9-11H,2-7H2,1H3/q+1. The molecule has 0 heterocycles. The molecule has 14 heavy (non-hydrogen) atoms. The molecule has 3 N–H and O–H groups in total. The zero-order valence-corrected chi connectivity index (χ0v) is 8.26. The van der Waals surface area contributed by atoms with Crippen molar-refractivity contribution in [1.82, 2.24) is 0 Å². The molecule has 0 rings (SSSR count). The summed E-state index contributed by atoms with van der Waals surface area (Å²) in [5.41, 5.74) is 0. The summed E-state index contributed by atoms with van der Waals surface area (Å²) in [6, 6.07) is 0. The lowest BCUT2D eigenvalue weighted by Crippen LogP contribution is -2.45. The molecule has 7 heteroatoms. The van der Waals surface area contributed by atoms with E-state index in [0.29, 0.717) is 0 Å². The van der Waals surface area contributed by atoms with E-state index in [1.807, 2.05) is 0 Å². The summed E-state index contributed by atoms with van der Waals surface area (Å²) in [6.45, 7) is -0.398. The third-order valence-corrected chi connectivity index (χ3v) is 1.25. The maximum Gasteiger partial charge on any atom is 0.168 e. The second kappa shape index (κ2) is 8.06. The number of aliphatic hydroxyl groups is 3. The van der Waals surface area contributed by atoms with Crippen LogP contribution in [0.15, 0.2) is 0 Å². The number of quaternary nitrogens is 1. The number of hydrogen-bond donors (Lipinski definition) is 3. The molecule has 0 amide bonds. The van der Waals surface area contributed by atoms with Crippen LogP contribution in [0.4, 0.5) is 0 Å². The van der Waals surface area contributed by atoms with Crippen LogP contribution in [0.25, 0.3) is 0 Å². The van der Waals surface area contributed by atoms with Crippen LogP contribution < -0.4 is 0 Å². The summed E-state index contributed by atoms with van der Waals surface area (Å²) in [5, 5.41) is 25.6. The van der Waals surface area contributed by atoms with E-state index in [9.17, 15) is 0 Å². The Labute approximate surface area is 82.5 Å². The van der Waals surface area contributed by atoms with Crippen molar-refractivity contribution in [3.63, 3.8) is 0 Å². The van der Waals surface area contributed by atoms with Gasteiger partial charge in [0.15, 0.2) is 7.05 Å². The Balaban J connectivity index is 3.89. The van der Waals surface area contributed by atoms with Crippen molar-refractivity contribution in [1.29, 1.82) is 0 Å². The molecule has 0 atom stereocenters. The predicted molar refractivity (Wildman–Crippen MR) is 45.3 cm³/mol. The third kappa shape index (κ3) is 6.22. The molecule has 0 aromatic rings. The monoisotopic (exact) mass is 212 g/mol. The van der Waals surface area contributed by atoms with Crippen LogP contribution >= 0.6 is 0 Å². The Bertz CT molecular complexity index is 112. The van der Waals surface area contributed by atoms with E-state index < -0.39 is 4.97 Å². The Morgan fingerprint density at radius 3 is 1.29 bits per heavy atom. The van der Waals surface area contributed by atoms with Gasteiger partial charge in [-0.3, -0.25) is 0 Å². The zero-order chi connectivity index (χ0) is 10.9. The average molecular weight is 212 g/mol. The molecule has 0 aromatic heterocycles. The lowest BCUT2D eigenvalue weighted by molar-refractivity contribution is -1.36. The van der Waals surface area contributed by atoms with Gasteiger partial charge < -0.3 is 15.3 Å². The summed E-state index contributed by atoms with van der Waals surface area (Å²) < 4.78 is 0. The number of rotatable bonds is 9. The van der Waals surface area contributed by atoms with E-state index in [2.05, 4.69) is 0 Å². The van der Waals surface area contributed by atoms with Crippen molar-refractivity contribution in [3.8, 4) is 0 Å². The first-order valence-electron chi connectivity index (χ1n) is 4.31. The number of hydrogen-bond acceptors (Lipinski definition) is 6. The molecule has 0 aromatic carbocycles. The van der Waals surface area contributed by atoms with Crippen LogP contribution in [0.3, 0.4) is 0 Å². The van der Waals surface area contributed by atoms with E-state index >= 15 is 0 Å². The fourth-order valence-corrected chi connectivity index (χ4v) is 0.732. The van der Waals surface area contributed by atoms with Crippen LogP contribution in [0.1, 0.15) is 0 Å². The van der Waals surface area contributed by atoms with Gasteiger partial charge in [0.1, 0.15) is 19.8 Å². The van der Waals surface area contributed by atoms with Crippen LogP contribution in [-0.4, -0.2) is 67.0 Å². The van der Waals surface area contributed by atoms with E-state index in [0.717, 1.165) is 0 Å². The second-order valence-electron chi connectivity index (χ2n) is 2.44. The molecule has 0 aliphatic carbocycles. The molecule has 7 nitrogen and oxygen atoms in total. The molecule has 0 radical (unpaired) electrons. The van der Waals surface area contributed by atoms with Crippen LogP contribution in [0.5, 0.6) is 0 Å². The summed E-state index contributed by atoms with van der Waals surface area (Å²) in [4.78, 5) is 14.3. The molecule has 0 saturated carbocycles. The molecule has 86 valence electrons. The Morgan fingerprint density at radius 2 is 1.07 bits per heavy atom. The van der Waals surface area contributed by atoms with Gasteiger partial charge in [-0.15, -0.1) is 14.5 Å². The minimum Gasteiger partial charge on any atom is -0.394 e. The first-order valence-corrected chi connectivity index (χ1v) is 4.31. The van der Waals surface area contributed by atoms with Gasteiger partial charge in [0.25, 0.3) is 0 Å². The minimum atomic E-state index is -0.665. The highest BCUT2D eigenvalue weighted by Gasteiger charge is 2.27. The fourth-order valence-electron chi connectivity index (χ4n) is 0.732. The van der Waals surface area contributed by atoms with Gasteiger partial charge in [0, 0.05) is 0 Å². The SMILES string of the molecule is C[N+](OCCO)(OCCO)OCCO. The lowest BCUT2D eigenvalue weighted by atomic mass is 10.8. The van der Waals surface area contributed by atoms with Gasteiger partial charge in [-0.05, 0) is 0 Å². The highest BCUT2D eigenvalue weighted by atomic mass is 17.2. The van der Waals surface area contributed by atoms with E-state index in [1.54, 1.807) is 0 Å². The first-order chi connectivity index (χ1) is 6.68. The Kier molecular flexibility index (Phi) is 7.90. The van der Waals surface area contributed by atoms with Crippen LogP contribution in [0.2, 0.25) is 0 Å². The fraction of sp³-hybridized carbons (Fsp3) is 1.00. The van der Waals surface area contributed by atoms with E-state index in [-0.39, 0.29) is 39.6 Å². The molecule has 0 aliphatic rings. The first kappa shape index (κ1) is 13.7. The molecule has 0 saturated heterocycles. The number of aliphatic hydroxyl groups excluding tert-OH is 3. The predicted octanol–water partition coefficient (Wildman–Crippen LogP) is -1.80. The maximum absolute atomic E-state index is 8.54. The van der Waals surface area contributed by atoms with Crippen molar-refractivity contribution in [2.24, 2.45) is 0 Å². The van der Waals surface area contributed by atoms with Gasteiger partial charge in [-0.25, -0.2) is 0 Å². The number of nitrogens with zero attached hydrogens (tertiary/aromatic N) is 1. The molecule has 0 spiro atoms. The van der Waals surface area contributed by atoms with Crippen molar-refractivity contribution in [2.45, 2.75) is 0 Å². The summed E-state index contributed by atoms with van der Waals surface area (Å²) in [5.74, 6) is 0. The molecule has 0 bridgehead atoms.